The lowest BCUT2D eigenvalue weighted by Gasteiger charge is -2.14. The van der Waals surface area contributed by atoms with Gasteiger partial charge in [0.15, 0.2) is 6.79 Å². The van der Waals surface area contributed by atoms with Crippen LogP contribution in [0.15, 0.2) is 36.4 Å². The van der Waals surface area contributed by atoms with Gasteiger partial charge in [0.2, 0.25) is 0 Å². The predicted octanol–water partition coefficient (Wildman–Crippen LogP) is 2.85. The van der Waals surface area contributed by atoms with Crippen molar-refractivity contribution in [2.24, 2.45) is 5.92 Å². The van der Waals surface area contributed by atoms with Crippen molar-refractivity contribution in [3.8, 4) is 16.9 Å². The number of amides is 1. The molecule has 3 N–H and O–H groups in total. The van der Waals surface area contributed by atoms with Crippen molar-refractivity contribution in [1.82, 2.24) is 5.32 Å². The highest BCUT2D eigenvalue weighted by atomic mass is 17.1. The van der Waals surface area contributed by atoms with Crippen LogP contribution in [0.3, 0.4) is 0 Å². The molecule has 0 aromatic heterocycles. The molecule has 178 valence electrons. The first-order valence-corrected chi connectivity index (χ1v) is 10.1. The number of methoxy groups -OCH3 is 1. The molecule has 0 bridgehead atoms. The number of rotatable bonds is 11. The lowest BCUT2D eigenvalue weighted by atomic mass is 9.93. The number of phenolic OH excluding ortho intramolecular Hbond substituents is 1. The Morgan fingerprint density at radius 2 is 1.64 bits per heavy atom. The summed E-state index contributed by atoms with van der Waals surface area (Å²) in [6, 6.07) is 8.05. The molecule has 0 saturated heterocycles. The van der Waals surface area contributed by atoms with E-state index in [0.29, 0.717) is 13.2 Å². The molecule has 0 unspecified atom stereocenters. The first kappa shape index (κ1) is 25.8. The summed E-state index contributed by atoms with van der Waals surface area (Å²) in [5.74, 6) is -2.35. The number of hydrogen-bond acceptors (Lipinski definition) is 9. The number of benzene rings is 2. The maximum absolute atomic E-state index is 12.6. The van der Waals surface area contributed by atoms with Gasteiger partial charge in [-0.15, -0.1) is 0 Å². The van der Waals surface area contributed by atoms with Crippen molar-refractivity contribution in [2.45, 2.75) is 13.8 Å². The second kappa shape index (κ2) is 12.5. The van der Waals surface area contributed by atoms with E-state index in [0.717, 1.165) is 0 Å². The molecule has 0 heterocycles. The van der Waals surface area contributed by atoms with Crippen LogP contribution in [0, 0.1) is 5.92 Å². The molecule has 2 aromatic carbocycles. The summed E-state index contributed by atoms with van der Waals surface area (Å²) < 4.78 is 15.0. The van der Waals surface area contributed by atoms with E-state index in [-0.39, 0.29) is 52.9 Å². The summed E-state index contributed by atoms with van der Waals surface area (Å²) in [7, 11) is 1.50. The van der Waals surface area contributed by atoms with Gasteiger partial charge >= 0.3 is 11.9 Å². The normalized spacial score (nSPS) is 10.7. The average molecular weight is 461 g/mol. The van der Waals surface area contributed by atoms with Crippen molar-refractivity contribution in [3.63, 3.8) is 0 Å². The molecule has 0 aliphatic rings. The highest BCUT2D eigenvalue weighted by Gasteiger charge is 2.23. The van der Waals surface area contributed by atoms with E-state index in [1.54, 1.807) is 0 Å². The maximum Gasteiger partial charge on any atom is 0.373 e. The Morgan fingerprint density at radius 1 is 0.970 bits per heavy atom. The number of ether oxygens (including phenoxy) is 3. The Kier molecular flexibility index (Phi) is 9.80. The summed E-state index contributed by atoms with van der Waals surface area (Å²) in [6.07, 6.45) is 0. The standard InChI is InChI=1S/C23H27NO9/c1-14(2)12-24-21(26)15-4-6-17(19(10-15)23(28)33-29)18-7-5-16(25)11-20(18)22(27)32-13-31-9-8-30-3/h4-7,10-11,14,25,29H,8-9,12-13H2,1-3H3,(H,24,26). The van der Waals surface area contributed by atoms with Crippen LogP contribution in [-0.2, 0) is 19.1 Å². The lowest BCUT2D eigenvalue weighted by molar-refractivity contribution is -0.182. The number of carbonyl (C=O) groups is 3. The molecule has 1 amide bonds. The molecule has 2 aromatic rings. The van der Waals surface area contributed by atoms with Crippen molar-refractivity contribution in [3.05, 3.63) is 53.1 Å². The number of nitrogens with one attached hydrogen (secondary N) is 1. The molecule has 10 nitrogen and oxygen atoms in total. The van der Waals surface area contributed by atoms with E-state index in [4.69, 9.17) is 19.5 Å². The van der Waals surface area contributed by atoms with Gasteiger partial charge in [-0.3, -0.25) is 9.68 Å². The molecular weight excluding hydrogens is 434 g/mol. The van der Waals surface area contributed by atoms with Crippen molar-refractivity contribution >= 4 is 17.8 Å². The largest absolute Gasteiger partial charge is 0.508 e. The van der Waals surface area contributed by atoms with E-state index < -0.39 is 17.8 Å². The van der Waals surface area contributed by atoms with Gasteiger partial charge in [-0.1, -0.05) is 19.9 Å². The van der Waals surface area contributed by atoms with Gasteiger partial charge in [0, 0.05) is 19.2 Å². The molecule has 0 aliphatic carbocycles. The zero-order valence-corrected chi connectivity index (χ0v) is 18.6. The van der Waals surface area contributed by atoms with Crippen LogP contribution in [0.1, 0.15) is 44.9 Å². The number of carbonyl (C=O) groups excluding carboxylic acids is 3. The smallest absolute Gasteiger partial charge is 0.373 e. The van der Waals surface area contributed by atoms with Crippen LogP contribution in [0.2, 0.25) is 0 Å². The Morgan fingerprint density at radius 3 is 2.27 bits per heavy atom. The van der Waals surface area contributed by atoms with Crippen molar-refractivity contribution in [2.75, 3.05) is 33.7 Å². The van der Waals surface area contributed by atoms with Crippen molar-refractivity contribution in [1.29, 1.82) is 0 Å². The van der Waals surface area contributed by atoms with Crippen molar-refractivity contribution < 1.29 is 43.8 Å². The topological polar surface area (TPSA) is 141 Å². The highest BCUT2D eigenvalue weighted by Crippen LogP contribution is 2.31. The van der Waals surface area contributed by atoms with Crippen LogP contribution in [0.4, 0.5) is 0 Å². The minimum absolute atomic E-state index is 0.0608. The third-order valence-electron chi connectivity index (χ3n) is 4.47. The van der Waals surface area contributed by atoms with E-state index in [1.165, 1.54) is 43.5 Å². The fourth-order valence-electron chi connectivity index (χ4n) is 2.85. The molecule has 0 spiro atoms. The summed E-state index contributed by atoms with van der Waals surface area (Å²) in [4.78, 5) is 41.2. The van der Waals surface area contributed by atoms with Gasteiger partial charge < -0.3 is 24.6 Å². The number of hydrogen-bond donors (Lipinski definition) is 3. The first-order valence-electron chi connectivity index (χ1n) is 10.1. The molecular formula is C23H27NO9. The average Bonchev–Trinajstić information content (AvgIpc) is 2.81. The molecule has 0 aliphatic heterocycles. The predicted molar refractivity (Wildman–Crippen MR) is 117 cm³/mol. The molecule has 2 rings (SSSR count). The van der Waals surface area contributed by atoms with E-state index in [1.807, 2.05) is 13.8 Å². The SMILES string of the molecule is COCCOCOC(=O)c1cc(O)ccc1-c1ccc(C(=O)NCC(C)C)cc1C(=O)OO. The molecule has 10 heteroatoms. The van der Waals surface area contributed by atoms with Gasteiger partial charge in [0.1, 0.15) is 5.75 Å². The third kappa shape index (κ3) is 7.28. The van der Waals surface area contributed by atoms with Crippen LogP contribution in [0.5, 0.6) is 5.75 Å². The first-order chi connectivity index (χ1) is 15.8. The number of phenols is 1. The van der Waals surface area contributed by atoms with Crippen LogP contribution >= 0.6 is 0 Å². The minimum atomic E-state index is -1.13. The summed E-state index contributed by atoms with van der Waals surface area (Å²) in [5, 5.41) is 21.6. The van der Waals surface area contributed by atoms with Crippen LogP contribution < -0.4 is 5.32 Å². The Bertz CT molecular complexity index is 988. The monoisotopic (exact) mass is 461 g/mol. The number of esters is 1. The minimum Gasteiger partial charge on any atom is -0.508 e. The molecule has 0 fully saturated rings. The van der Waals surface area contributed by atoms with Crippen LogP contribution in [0.25, 0.3) is 11.1 Å². The Labute approximate surface area is 191 Å². The second-order valence-corrected chi connectivity index (χ2v) is 7.42. The quantitative estimate of drug-likeness (QED) is 0.151. The molecule has 0 atom stereocenters. The van der Waals surface area contributed by atoms with Gasteiger partial charge in [-0.05, 0) is 47.4 Å². The van der Waals surface area contributed by atoms with Gasteiger partial charge in [0.05, 0.1) is 24.3 Å². The molecule has 33 heavy (non-hydrogen) atoms. The van der Waals surface area contributed by atoms with Gasteiger partial charge in [0.25, 0.3) is 5.91 Å². The highest BCUT2D eigenvalue weighted by molar-refractivity contribution is 6.05. The zero-order valence-electron chi connectivity index (χ0n) is 18.6. The van der Waals surface area contributed by atoms with E-state index in [2.05, 4.69) is 10.2 Å². The van der Waals surface area contributed by atoms with E-state index in [9.17, 15) is 19.5 Å². The molecule has 0 saturated carbocycles. The Hall–Kier alpha value is -3.47. The van der Waals surface area contributed by atoms with E-state index >= 15 is 0 Å². The fraction of sp³-hybridized carbons (Fsp3) is 0.348. The fourth-order valence-corrected chi connectivity index (χ4v) is 2.85. The van der Waals surface area contributed by atoms with Crippen LogP contribution in [-0.4, -0.2) is 61.9 Å². The Balaban J connectivity index is 2.41. The van der Waals surface area contributed by atoms with Gasteiger partial charge in [-0.25, -0.2) is 9.59 Å². The summed E-state index contributed by atoms with van der Waals surface area (Å²) >= 11 is 0. The zero-order chi connectivity index (χ0) is 24.4. The second-order valence-electron chi connectivity index (χ2n) is 7.42. The number of aromatic hydroxyl groups is 1. The lowest BCUT2D eigenvalue weighted by Crippen LogP contribution is -2.27. The third-order valence-corrected chi connectivity index (χ3v) is 4.47. The molecule has 0 radical (unpaired) electrons. The summed E-state index contributed by atoms with van der Waals surface area (Å²) in [6.45, 7) is 4.48. The van der Waals surface area contributed by atoms with Gasteiger partial charge in [-0.2, -0.15) is 5.26 Å². The summed E-state index contributed by atoms with van der Waals surface area (Å²) in [5.41, 5.74) is 0.334. The maximum atomic E-state index is 12.6.